The van der Waals surface area contributed by atoms with Gasteiger partial charge in [0.1, 0.15) is 11.5 Å². The highest BCUT2D eigenvalue weighted by Crippen LogP contribution is 2.31. The van der Waals surface area contributed by atoms with Crippen LogP contribution in [0.1, 0.15) is 25.7 Å². The number of amides is 2. The summed E-state index contributed by atoms with van der Waals surface area (Å²) in [5.41, 5.74) is -0.181. The number of benzene rings is 1. The van der Waals surface area contributed by atoms with Crippen LogP contribution in [-0.4, -0.2) is 28.1 Å². The van der Waals surface area contributed by atoms with Gasteiger partial charge in [-0.15, -0.1) is 0 Å². The van der Waals surface area contributed by atoms with E-state index in [4.69, 9.17) is 34.8 Å². The van der Waals surface area contributed by atoms with E-state index in [0.717, 1.165) is 17.5 Å². The molecule has 2 aromatic rings. The van der Waals surface area contributed by atoms with Gasteiger partial charge in [0.2, 0.25) is 11.8 Å². The Balaban J connectivity index is 1.90. The van der Waals surface area contributed by atoms with E-state index in [0.29, 0.717) is 18.0 Å². The van der Waals surface area contributed by atoms with E-state index >= 15 is 0 Å². The number of aromatic nitrogens is 2. The Morgan fingerprint density at radius 3 is 2.43 bits per heavy atom. The molecule has 1 heterocycles. The summed E-state index contributed by atoms with van der Waals surface area (Å²) in [7, 11) is 0. The van der Waals surface area contributed by atoms with Crippen LogP contribution >= 0.6 is 34.8 Å². The zero-order valence-electron chi connectivity index (χ0n) is 14.9. The average Bonchev–Trinajstić information content (AvgIpc) is 2.96. The van der Waals surface area contributed by atoms with Crippen molar-refractivity contribution in [3.8, 4) is 5.69 Å². The van der Waals surface area contributed by atoms with Gasteiger partial charge in [-0.25, -0.2) is 4.68 Å². The maximum atomic E-state index is 12.2. The molecule has 1 aromatic heterocycles. The van der Waals surface area contributed by atoms with E-state index in [1.807, 2.05) is 0 Å². The summed E-state index contributed by atoms with van der Waals surface area (Å²) in [5.74, 6) is -0.223. The molecule has 150 valence electrons. The van der Waals surface area contributed by atoms with Crippen molar-refractivity contribution in [3.63, 3.8) is 0 Å². The van der Waals surface area contributed by atoms with Gasteiger partial charge in [-0.05, 0) is 31.1 Å². The van der Waals surface area contributed by atoms with Gasteiger partial charge >= 0.3 is 0 Å². The minimum atomic E-state index is -0.431. The third kappa shape index (κ3) is 6.15. The van der Waals surface area contributed by atoms with E-state index in [1.165, 1.54) is 24.3 Å². The number of nitrogens with zero attached hydrogens (tertiary/aromatic N) is 1. The van der Waals surface area contributed by atoms with Crippen molar-refractivity contribution in [1.82, 2.24) is 15.1 Å². The maximum absolute atomic E-state index is 12.2. The smallest absolute Gasteiger partial charge is 0.273 e. The van der Waals surface area contributed by atoms with Gasteiger partial charge in [-0.3, -0.25) is 19.5 Å². The number of nitrogens with one attached hydrogen (secondary N) is 3. The number of unbranched alkanes of at least 4 members (excludes halogenated alkanes) is 2. The maximum Gasteiger partial charge on any atom is 0.273 e. The molecule has 2 rings (SSSR count). The molecule has 1 aromatic carbocycles. The van der Waals surface area contributed by atoms with Gasteiger partial charge in [0.05, 0.1) is 10.0 Å². The SMILES string of the molecule is C=CC(=O)NCCCCCC(=O)Nc1cc(=O)n(-c2c(Cl)cc(Cl)cc2Cl)[nH]1. The fourth-order valence-electron chi connectivity index (χ4n) is 2.46. The van der Waals surface area contributed by atoms with Crippen molar-refractivity contribution in [3.05, 3.63) is 56.3 Å². The molecule has 2 amide bonds. The lowest BCUT2D eigenvalue weighted by atomic mass is 10.2. The number of anilines is 1. The molecule has 3 N–H and O–H groups in total. The molecule has 0 saturated heterocycles. The number of H-pyrrole nitrogens is 1. The van der Waals surface area contributed by atoms with Gasteiger partial charge in [0, 0.05) is 24.1 Å². The van der Waals surface area contributed by atoms with Gasteiger partial charge < -0.3 is 10.6 Å². The van der Waals surface area contributed by atoms with E-state index < -0.39 is 5.56 Å². The standard InChI is InChI=1S/C18H19Cl3N4O3/c1-2-15(26)22-7-5-3-4-6-16(27)23-14-10-17(28)25(24-14)18-12(20)8-11(19)9-13(18)21/h2,8-10,24H,1,3-7H2,(H,22,26)(H,23,27). The molecule has 0 radical (unpaired) electrons. The first-order valence-electron chi connectivity index (χ1n) is 8.49. The van der Waals surface area contributed by atoms with Gasteiger partial charge in [0.25, 0.3) is 5.56 Å². The van der Waals surface area contributed by atoms with Crippen LogP contribution in [0.2, 0.25) is 15.1 Å². The van der Waals surface area contributed by atoms with Crippen LogP contribution in [0.5, 0.6) is 0 Å². The summed E-state index contributed by atoms with van der Waals surface area (Å²) in [6, 6.07) is 4.17. The molecular formula is C18H19Cl3N4O3. The molecule has 10 heteroatoms. The molecule has 0 saturated carbocycles. The molecule has 0 aliphatic rings. The summed E-state index contributed by atoms with van der Waals surface area (Å²) in [6.45, 7) is 3.90. The minimum absolute atomic E-state index is 0.197. The molecule has 0 aliphatic heterocycles. The second-order valence-electron chi connectivity index (χ2n) is 5.92. The van der Waals surface area contributed by atoms with Crippen molar-refractivity contribution in [2.24, 2.45) is 0 Å². The third-order valence-corrected chi connectivity index (χ3v) is 4.56. The van der Waals surface area contributed by atoms with Crippen LogP contribution in [0.4, 0.5) is 5.82 Å². The molecule has 0 atom stereocenters. The second kappa shape index (κ2) is 10.4. The zero-order chi connectivity index (χ0) is 20.7. The van der Waals surface area contributed by atoms with E-state index in [2.05, 4.69) is 22.3 Å². The highest BCUT2D eigenvalue weighted by Gasteiger charge is 2.14. The molecule has 0 unspecified atom stereocenters. The number of hydrogen-bond donors (Lipinski definition) is 3. The van der Waals surface area contributed by atoms with Crippen molar-refractivity contribution in [2.75, 3.05) is 11.9 Å². The Labute approximate surface area is 176 Å². The highest BCUT2D eigenvalue weighted by atomic mass is 35.5. The van der Waals surface area contributed by atoms with E-state index in [1.54, 1.807) is 0 Å². The summed E-state index contributed by atoms with van der Waals surface area (Å²) in [5, 5.41) is 8.80. The largest absolute Gasteiger partial charge is 0.353 e. The number of rotatable bonds is 9. The fraction of sp³-hybridized carbons (Fsp3) is 0.278. The molecular weight excluding hydrogens is 427 g/mol. The minimum Gasteiger partial charge on any atom is -0.353 e. The van der Waals surface area contributed by atoms with Crippen LogP contribution in [0.15, 0.2) is 35.6 Å². The Morgan fingerprint density at radius 1 is 1.11 bits per heavy atom. The Kier molecular flexibility index (Phi) is 8.17. The highest BCUT2D eigenvalue weighted by molar-refractivity contribution is 6.40. The van der Waals surface area contributed by atoms with Crippen molar-refractivity contribution >= 4 is 52.4 Å². The lowest BCUT2D eigenvalue weighted by Gasteiger charge is -2.08. The van der Waals surface area contributed by atoms with Crippen molar-refractivity contribution in [1.29, 1.82) is 0 Å². The van der Waals surface area contributed by atoms with Gasteiger partial charge in [-0.1, -0.05) is 47.8 Å². The summed E-state index contributed by atoms with van der Waals surface area (Å²) < 4.78 is 1.14. The molecule has 0 fully saturated rings. The zero-order valence-corrected chi connectivity index (χ0v) is 17.1. The quantitative estimate of drug-likeness (QED) is 0.403. The Hall–Kier alpha value is -2.22. The molecule has 0 bridgehead atoms. The number of aromatic amines is 1. The van der Waals surface area contributed by atoms with Crippen LogP contribution in [0.3, 0.4) is 0 Å². The Morgan fingerprint density at radius 2 is 1.79 bits per heavy atom. The van der Waals surface area contributed by atoms with Crippen LogP contribution in [-0.2, 0) is 9.59 Å². The second-order valence-corrected chi connectivity index (χ2v) is 7.17. The van der Waals surface area contributed by atoms with Crippen molar-refractivity contribution in [2.45, 2.75) is 25.7 Å². The average molecular weight is 446 g/mol. The topological polar surface area (TPSA) is 96.0 Å². The van der Waals surface area contributed by atoms with Gasteiger partial charge in [-0.2, -0.15) is 0 Å². The van der Waals surface area contributed by atoms with Crippen LogP contribution < -0.4 is 16.2 Å². The predicted octanol–water partition coefficient (Wildman–Crippen LogP) is 3.93. The first-order valence-corrected chi connectivity index (χ1v) is 9.62. The molecule has 0 spiro atoms. The monoisotopic (exact) mass is 444 g/mol. The first kappa shape index (κ1) is 22.1. The molecule has 0 aliphatic carbocycles. The normalized spacial score (nSPS) is 10.5. The summed E-state index contributed by atoms with van der Waals surface area (Å²) >= 11 is 18.1. The van der Waals surface area contributed by atoms with Crippen LogP contribution in [0.25, 0.3) is 5.69 Å². The first-order chi connectivity index (χ1) is 13.3. The van der Waals surface area contributed by atoms with E-state index in [9.17, 15) is 14.4 Å². The molecule has 28 heavy (non-hydrogen) atoms. The fourth-order valence-corrected chi connectivity index (χ4v) is 3.44. The summed E-state index contributed by atoms with van der Waals surface area (Å²) in [6.07, 6.45) is 3.68. The van der Waals surface area contributed by atoms with E-state index in [-0.39, 0.29) is 39.8 Å². The third-order valence-electron chi connectivity index (χ3n) is 3.77. The number of hydrogen-bond acceptors (Lipinski definition) is 3. The number of carbonyl (C=O) groups excluding carboxylic acids is 2. The Bertz CT molecular complexity index is 913. The lowest BCUT2D eigenvalue weighted by Crippen LogP contribution is -2.21. The number of halogens is 3. The predicted molar refractivity (Wildman–Crippen MR) is 112 cm³/mol. The molecule has 7 nitrogen and oxygen atoms in total. The van der Waals surface area contributed by atoms with Crippen LogP contribution in [0, 0.1) is 0 Å². The van der Waals surface area contributed by atoms with Gasteiger partial charge in [0.15, 0.2) is 0 Å². The number of carbonyl (C=O) groups is 2. The van der Waals surface area contributed by atoms with Crippen molar-refractivity contribution < 1.29 is 9.59 Å². The summed E-state index contributed by atoms with van der Waals surface area (Å²) in [4.78, 5) is 35.3. The lowest BCUT2D eigenvalue weighted by molar-refractivity contribution is -0.117.